The maximum absolute atomic E-state index is 12.3. The Bertz CT molecular complexity index is 883. The average Bonchev–Trinajstić information content (AvgIpc) is 3.10. The van der Waals surface area contributed by atoms with Crippen LogP contribution in [0.15, 0.2) is 59.0 Å². The first-order valence-electron chi connectivity index (χ1n) is 7.65. The lowest BCUT2D eigenvalue weighted by Gasteiger charge is -2.09. The highest BCUT2D eigenvalue weighted by molar-refractivity contribution is 7.13. The fraction of sp³-hybridized carbons (Fsp3) is 0.167. The van der Waals surface area contributed by atoms with E-state index < -0.39 is 0 Å². The van der Waals surface area contributed by atoms with Crippen LogP contribution >= 0.6 is 11.3 Å². The molecule has 5 nitrogen and oxygen atoms in total. The Kier molecular flexibility index (Phi) is 4.86. The van der Waals surface area contributed by atoms with Crippen molar-refractivity contribution in [2.75, 3.05) is 5.32 Å². The molecule has 6 heteroatoms. The van der Waals surface area contributed by atoms with Gasteiger partial charge in [0.05, 0.1) is 12.1 Å². The van der Waals surface area contributed by atoms with Crippen molar-refractivity contribution in [1.29, 1.82) is 0 Å². The van der Waals surface area contributed by atoms with Crippen molar-refractivity contribution in [3.05, 3.63) is 81.2 Å². The van der Waals surface area contributed by atoms with Gasteiger partial charge in [0.1, 0.15) is 0 Å². The number of pyridine rings is 1. The number of nitrogens with zero attached hydrogens (tertiary/aromatic N) is 2. The zero-order chi connectivity index (χ0) is 16.9. The number of aryl methyl sites for hydroxylation is 1. The molecule has 0 fully saturated rings. The van der Waals surface area contributed by atoms with Crippen molar-refractivity contribution < 1.29 is 4.79 Å². The molecule has 0 aliphatic heterocycles. The number of nitrogens with one attached hydrogen (secondary N) is 1. The van der Waals surface area contributed by atoms with Gasteiger partial charge in [-0.3, -0.25) is 14.9 Å². The minimum Gasteiger partial charge on any atom is -0.310 e. The molecule has 0 atom stereocenters. The zero-order valence-corrected chi connectivity index (χ0v) is 14.0. The third kappa shape index (κ3) is 3.78. The van der Waals surface area contributed by atoms with Crippen LogP contribution in [0.1, 0.15) is 28.4 Å². The number of benzene rings is 1. The third-order valence-corrected chi connectivity index (χ3v) is 4.37. The average molecular weight is 339 g/mol. The van der Waals surface area contributed by atoms with Crippen LogP contribution < -0.4 is 10.9 Å². The molecule has 3 aromatic rings. The number of hydrogen-bond donors (Lipinski definition) is 1. The number of aromatic nitrogens is 2. The van der Waals surface area contributed by atoms with Crippen molar-refractivity contribution in [3.63, 3.8) is 0 Å². The minimum atomic E-state index is -0.278. The second-order valence-corrected chi connectivity index (χ2v) is 6.24. The number of thiazole rings is 1. The monoisotopic (exact) mass is 339 g/mol. The maximum Gasteiger partial charge on any atom is 0.258 e. The predicted octanol–water partition coefficient (Wildman–Crippen LogP) is 3.17. The first-order valence-corrected chi connectivity index (χ1v) is 8.53. The molecule has 1 N–H and O–H groups in total. The molecule has 0 unspecified atom stereocenters. The Morgan fingerprint density at radius 3 is 2.58 bits per heavy atom. The quantitative estimate of drug-likeness (QED) is 0.776. The molecular weight excluding hydrogens is 322 g/mol. The van der Waals surface area contributed by atoms with Crippen LogP contribution in [0.4, 0.5) is 5.13 Å². The van der Waals surface area contributed by atoms with Crippen LogP contribution in [0.3, 0.4) is 0 Å². The first kappa shape index (κ1) is 16.1. The van der Waals surface area contributed by atoms with Crippen molar-refractivity contribution >= 4 is 22.4 Å². The Morgan fingerprint density at radius 1 is 1.17 bits per heavy atom. The highest BCUT2D eigenvalue weighted by Crippen LogP contribution is 2.12. The fourth-order valence-electron chi connectivity index (χ4n) is 2.32. The van der Waals surface area contributed by atoms with E-state index in [0.717, 1.165) is 12.0 Å². The van der Waals surface area contributed by atoms with E-state index in [1.165, 1.54) is 33.6 Å². The van der Waals surface area contributed by atoms with Crippen LogP contribution in [0.2, 0.25) is 0 Å². The van der Waals surface area contributed by atoms with Gasteiger partial charge < -0.3 is 4.57 Å². The topological polar surface area (TPSA) is 64.0 Å². The van der Waals surface area contributed by atoms with E-state index in [4.69, 9.17) is 0 Å². The number of carbonyl (C=O) groups excluding carboxylic acids is 1. The van der Waals surface area contributed by atoms with Crippen LogP contribution in [-0.2, 0) is 13.0 Å². The largest absolute Gasteiger partial charge is 0.310 e. The lowest BCUT2D eigenvalue weighted by atomic mass is 10.1. The van der Waals surface area contributed by atoms with Crippen LogP contribution in [0.25, 0.3) is 0 Å². The van der Waals surface area contributed by atoms with Crippen molar-refractivity contribution in [1.82, 2.24) is 9.55 Å². The van der Waals surface area contributed by atoms with E-state index in [-0.39, 0.29) is 11.5 Å². The Balaban J connectivity index is 1.80. The number of rotatable bonds is 5. The molecule has 2 aromatic heterocycles. The standard InChI is InChI=1S/C18H17N3O2S/c1-2-13-3-5-14(6-4-13)11-21-12-15(7-8-16(21)22)17(23)20-18-19-9-10-24-18/h3-10,12H,2,11H2,1H3,(H,19,20,23). The van der Waals surface area contributed by atoms with Gasteiger partial charge in [0, 0.05) is 23.8 Å². The molecule has 0 aliphatic rings. The van der Waals surface area contributed by atoms with E-state index in [0.29, 0.717) is 17.2 Å². The van der Waals surface area contributed by atoms with Gasteiger partial charge in [0.15, 0.2) is 5.13 Å². The summed E-state index contributed by atoms with van der Waals surface area (Å²) in [5, 5.41) is 5.04. The molecule has 1 aromatic carbocycles. The summed E-state index contributed by atoms with van der Waals surface area (Å²) in [6.07, 6.45) is 4.19. The summed E-state index contributed by atoms with van der Waals surface area (Å²) >= 11 is 1.35. The van der Waals surface area contributed by atoms with Gasteiger partial charge in [-0.25, -0.2) is 4.98 Å². The Hall–Kier alpha value is -2.73. The summed E-state index contributed by atoms with van der Waals surface area (Å²) in [7, 11) is 0. The van der Waals surface area contributed by atoms with Gasteiger partial charge in [-0.2, -0.15) is 0 Å². The molecule has 122 valence electrons. The molecule has 0 bridgehead atoms. The van der Waals surface area contributed by atoms with Gasteiger partial charge in [-0.05, 0) is 23.6 Å². The summed E-state index contributed by atoms with van der Waals surface area (Å²) in [5.74, 6) is -0.278. The number of carbonyl (C=O) groups is 1. The predicted molar refractivity (Wildman–Crippen MR) is 95.7 cm³/mol. The van der Waals surface area contributed by atoms with E-state index in [2.05, 4.69) is 29.4 Å². The maximum atomic E-state index is 12.3. The Morgan fingerprint density at radius 2 is 1.92 bits per heavy atom. The summed E-state index contributed by atoms with van der Waals surface area (Å²) in [6, 6.07) is 11.1. The van der Waals surface area contributed by atoms with Gasteiger partial charge in [0.25, 0.3) is 11.5 Å². The highest BCUT2D eigenvalue weighted by Gasteiger charge is 2.09. The molecule has 0 aliphatic carbocycles. The number of hydrogen-bond acceptors (Lipinski definition) is 4. The van der Waals surface area contributed by atoms with Crippen LogP contribution in [0, 0.1) is 0 Å². The fourth-order valence-corrected chi connectivity index (χ4v) is 2.84. The van der Waals surface area contributed by atoms with E-state index in [1.807, 2.05) is 12.1 Å². The molecule has 1 amide bonds. The second-order valence-electron chi connectivity index (χ2n) is 5.35. The SMILES string of the molecule is CCc1ccc(Cn2cc(C(=O)Nc3nccs3)ccc2=O)cc1. The zero-order valence-electron chi connectivity index (χ0n) is 13.2. The van der Waals surface area contributed by atoms with Gasteiger partial charge in [-0.15, -0.1) is 11.3 Å². The molecule has 24 heavy (non-hydrogen) atoms. The Labute approximate surface area is 143 Å². The summed E-state index contributed by atoms with van der Waals surface area (Å²) < 4.78 is 1.54. The highest BCUT2D eigenvalue weighted by atomic mass is 32.1. The molecule has 0 saturated heterocycles. The summed E-state index contributed by atoms with van der Waals surface area (Å²) in [6.45, 7) is 2.53. The van der Waals surface area contributed by atoms with Crippen LogP contribution in [0.5, 0.6) is 0 Å². The van der Waals surface area contributed by atoms with E-state index in [9.17, 15) is 9.59 Å². The molecular formula is C18H17N3O2S. The molecule has 0 saturated carbocycles. The number of amides is 1. The molecule has 0 spiro atoms. The van der Waals surface area contributed by atoms with E-state index in [1.54, 1.807) is 17.8 Å². The molecule has 3 rings (SSSR count). The first-order chi connectivity index (χ1) is 11.7. The lowest BCUT2D eigenvalue weighted by molar-refractivity contribution is 0.102. The molecule has 0 radical (unpaired) electrons. The van der Waals surface area contributed by atoms with Gasteiger partial charge in [0.2, 0.25) is 0 Å². The van der Waals surface area contributed by atoms with Gasteiger partial charge in [-0.1, -0.05) is 31.2 Å². The van der Waals surface area contributed by atoms with Gasteiger partial charge >= 0.3 is 0 Å². The third-order valence-electron chi connectivity index (χ3n) is 3.68. The summed E-state index contributed by atoms with van der Waals surface area (Å²) in [4.78, 5) is 28.3. The van der Waals surface area contributed by atoms with Crippen molar-refractivity contribution in [3.8, 4) is 0 Å². The normalized spacial score (nSPS) is 10.5. The van der Waals surface area contributed by atoms with Crippen molar-refractivity contribution in [2.24, 2.45) is 0 Å². The summed E-state index contributed by atoms with van der Waals surface area (Å²) in [5.41, 5.74) is 2.56. The van der Waals surface area contributed by atoms with Crippen molar-refractivity contribution in [2.45, 2.75) is 19.9 Å². The molecule has 2 heterocycles. The minimum absolute atomic E-state index is 0.139. The van der Waals surface area contributed by atoms with E-state index >= 15 is 0 Å². The number of anilines is 1. The van der Waals surface area contributed by atoms with Crippen LogP contribution in [-0.4, -0.2) is 15.5 Å². The smallest absolute Gasteiger partial charge is 0.258 e. The second kappa shape index (κ2) is 7.23. The lowest BCUT2D eigenvalue weighted by Crippen LogP contribution is -2.22.